The van der Waals surface area contributed by atoms with Crippen LogP contribution in [0.15, 0.2) is 12.7 Å². The van der Waals surface area contributed by atoms with E-state index in [-0.39, 0.29) is 31.8 Å². The van der Waals surface area contributed by atoms with Crippen LogP contribution in [0.4, 0.5) is 4.79 Å². The molecule has 0 aromatic carbocycles. The van der Waals surface area contributed by atoms with Gasteiger partial charge in [0.25, 0.3) is 0 Å². The third-order valence-electron chi connectivity index (χ3n) is 2.74. The topological polar surface area (TPSA) is 84.9 Å². The van der Waals surface area contributed by atoms with E-state index in [0.29, 0.717) is 0 Å². The van der Waals surface area contributed by atoms with E-state index in [0.717, 1.165) is 19.3 Å². The highest BCUT2D eigenvalue weighted by molar-refractivity contribution is 5.68. The summed E-state index contributed by atoms with van der Waals surface area (Å²) in [6, 6.07) is -0.101. The maximum Gasteiger partial charge on any atom is 0.407 e. The number of hydrogen-bond acceptors (Lipinski definition) is 4. The number of aliphatic carboxylic acids is 1. The molecular weight excluding hydrogens is 238 g/mol. The van der Waals surface area contributed by atoms with Gasteiger partial charge < -0.3 is 19.9 Å². The van der Waals surface area contributed by atoms with Gasteiger partial charge in [-0.05, 0) is 19.3 Å². The molecule has 6 nitrogen and oxygen atoms in total. The van der Waals surface area contributed by atoms with Gasteiger partial charge in [-0.2, -0.15) is 0 Å². The van der Waals surface area contributed by atoms with Crippen LogP contribution in [0.25, 0.3) is 0 Å². The van der Waals surface area contributed by atoms with E-state index >= 15 is 0 Å². The lowest BCUT2D eigenvalue weighted by atomic mass is 10.2. The summed E-state index contributed by atoms with van der Waals surface area (Å²) in [5.41, 5.74) is 0. The van der Waals surface area contributed by atoms with Gasteiger partial charge in [0.05, 0.1) is 25.2 Å². The highest BCUT2D eigenvalue weighted by Gasteiger charge is 2.29. The first-order valence-electron chi connectivity index (χ1n) is 6.01. The summed E-state index contributed by atoms with van der Waals surface area (Å²) < 4.78 is 10.3. The van der Waals surface area contributed by atoms with Crippen molar-refractivity contribution >= 4 is 12.1 Å². The first kappa shape index (κ1) is 14.5. The van der Waals surface area contributed by atoms with Gasteiger partial charge in [0, 0.05) is 0 Å². The summed E-state index contributed by atoms with van der Waals surface area (Å²) in [5, 5.41) is 11.2. The normalized spacial score (nSPS) is 22.4. The smallest absolute Gasteiger partial charge is 0.407 e. The largest absolute Gasteiger partial charge is 0.481 e. The van der Waals surface area contributed by atoms with E-state index < -0.39 is 12.1 Å². The summed E-state index contributed by atoms with van der Waals surface area (Å²) in [6.07, 6.45) is 3.45. The van der Waals surface area contributed by atoms with Gasteiger partial charge in [0.15, 0.2) is 0 Å². The summed E-state index contributed by atoms with van der Waals surface area (Å²) in [4.78, 5) is 21.7. The molecule has 1 aliphatic carbocycles. The monoisotopic (exact) mass is 257 g/mol. The van der Waals surface area contributed by atoms with E-state index in [1.807, 2.05) is 0 Å². The lowest BCUT2D eigenvalue weighted by Gasteiger charge is -2.20. The molecule has 1 fully saturated rings. The Morgan fingerprint density at radius 3 is 2.89 bits per heavy atom. The maximum absolute atomic E-state index is 11.4. The zero-order valence-electron chi connectivity index (χ0n) is 10.3. The second-order valence-corrected chi connectivity index (χ2v) is 4.12. The van der Waals surface area contributed by atoms with Crippen molar-refractivity contribution < 1.29 is 24.2 Å². The molecule has 18 heavy (non-hydrogen) atoms. The third-order valence-corrected chi connectivity index (χ3v) is 2.74. The number of ether oxygens (including phenoxy) is 2. The maximum atomic E-state index is 11.4. The fourth-order valence-electron chi connectivity index (χ4n) is 1.92. The molecule has 6 heteroatoms. The highest BCUT2D eigenvalue weighted by Crippen LogP contribution is 2.22. The van der Waals surface area contributed by atoms with Crippen molar-refractivity contribution in [3.63, 3.8) is 0 Å². The van der Waals surface area contributed by atoms with Gasteiger partial charge in [0.1, 0.15) is 6.61 Å². The number of carbonyl (C=O) groups excluding carboxylic acids is 1. The lowest BCUT2D eigenvalue weighted by Crippen LogP contribution is -2.41. The molecule has 0 radical (unpaired) electrons. The predicted octanol–water partition coefficient (Wildman–Crippen LogP) is 1.31. The second kappa shape index (κ2) is 7.71. The number of amides is 1. The van der Waals surface area contributed by atoms with Crippen LogP contribution < -0.4 is 5.32 Å². The molecule has 1 saturated carbocycles. The molecule has 102 valence electrons. The number of alkyl carbamates (subject to hydrolysis) is 1. The Labute approximate surface area is 106 Å². The Hall–Kier alpha value is -1.56. The van der Waals surface area contributed by atoms with Crippen molar-refractivity contribution in [2.45, 2.75) is 37.8 Å². The Bertz CT molecular complexity index is 305. The summed E-state index contributed by atoms with van der Waals surface area (Å²) >= 11 is 0. The third kappa shape index (κ3) is 5.18. The molecule has 0 saturated heterocycles. The van der Waals surface area contributed by atoms with E-state index in [1.165, 1.54) is 6.08 Å². The van der Waals surface area contributed by atoms with Gasteiger partial charge in [-0.25, -0.2) is 4.79 Å². The zero-order valence-corrected chi connectivity index (χ0v) is 10.3. The van der Waals surface area contributed by atoms with Crippen molar-refractivity contribution in [3.05, 3.63) is 12.7 Å². The van der Waals surface area contributed by atoms with Gasteiger partial charge >= 0.3 is 12.1 Å². The second-order valence-electron chi connectivity index (χ2n) is 4.12. The fourth-order valence-corrected chi connectivity index (χ4v) is 1.92. The van der Waals surface area contributed by atoms with E-state index in [9.17, 15) is 9.59 Å². The standard InChI is InChI=1S/C12H19NO5/c1-2-7-18-12(16)13-9-4-3-5-10(9)17-8-6-11(14)15/h2,9-10H,1,3-8H2,(H,13,16)(H,14,15)/t9-,10-/m1/s1. The van der Waals surface area contributed by atoms with E-state index in [2.05, 4.69) is 11.9 Å². The van der Waals surface area contributed by atoms with Crippen molar-refractivity contribution in [1.82, 2.24) is 5.32 Å². The average Bonchev–Trinajstić information content (AvgIpc) is 2.73. The Morgan fingerprint density at radius 1 is 1.44 bits per heavy atom. The van der Waals surface area contributed by atoms with Crippen LogP contribution in [0.5, 0.6) is 0 Å². The molecule has 2 atom stereocenters. The molecule has 2 N–H and O–H groups in total. The number of carbonyl (C=O) groups is 2. The molecule has 1 rings (SSSR count). The summed E-state index contributed by atoms with van der Waals surface area (Å²) in [7, 11) is 0. The van der Waals surface area contributed by atoms with Crippen LogP contribution in [0.3, 0.4) is 0 Å². The lowest BCUT2D eigenvalue weighted by molar-refractivity contribution is -0.138. The molecule has 0 spiro atoms. The molecule has 1 amide bonds. The Morgan fingerprint density at radius 2 is 2.22 bits per heavy atom. The van der Waals surface area contributed by atoms with Gasteiger partial charge in [-0.1, -0.05) is 12.7 Å². The van der Waals surface area contributed by atoms with E-state index in [1.54, 1.807) is 0 Å². The van der Waals surface area contributed by atoms with Crippen molar-refractivity contribution in [2.24, 2.45) is 0 Å². The number of rotatable bonds is 7. The molecule has 0 aromatic rings. The first-order valence-corrected chi connectivity index (χ1v) is 6.01. The Kier molecular flexibility index (Phi) is 6.21. The molecule has 0 heterocycles. The molecule has 1 aliphatic rings. The summed E-state index contributed by atoms with van der Waals surface area (Å²) in [5.74, 6) is -0.886. The molecule has 0 aromatic heterocycles. The van der Waals surface area contributed by atoms with E-state index in [4.69, 9.17) is 14.6 Å². The minimum Gasteiger partial charge on any atom is -0.481 e. The fraction of sp³-hybridized carbons (Fsp3) is 0.667. The number of carboxylic acid groups (broad SMARTS) is 1. The number of carboxylic acids is 1. The molecule has 0 aliphatic heterocycles. The molecular formula is C12H19NO5. The highest BCUT2D eigenvalue weighted by atomic mass is 16.5. The predicted molar refractivity (Wildman–Crippen MR) is 64.3 cm³/mol. The van der Waals surface area contributed by atoms with Crippen LogP contribution in [-0.4, -0.2) is 42.5 Å². The minimum absolute atomic E-state index is 0.0237. The quantitative estimate of drug-likeness (QED) is 0.672. The average molecular weight is 257 g/mol. The van der Waals surface area contributed by atoms with Crippen LogP contribution in [-0.2, 0) is 14.3 Å². The number of hydrogen-bond donors (Lipinski definition) is 2. The first-order chi connectivity index (χ1) is 8.63. The van der Waals surface area contributed by atoms with Crippen molar-refractivity contribution in [3.8, 4) is 0 Å². The number of nitrogens with one attached hydrogen (secondary N) is 1. The van der Waals surface area contributed by atoms with Crippen LogP contribution in [0.2, 0.25) is 0 Å². The zero-order chi connectivity index (χ0) is 13.4. The SMILES string of the molecule is C=CCOC(=O)N[C@@H]1CCC[C@H]1OCCC(=O)O. The van der Waals surface area contributed by atoms with Crippen LogP contribution >= 0.6 is 0 Å². The van der Waals surface area contributed by atoms with Crippen LogP contribution in [0, 0.1) is 0 Å². The van der Waals surface area contributed by atoms with Gasteiger partial charge in [0.2, 0.25) is 0 Å². The van der Waals surface area contributed by atoms with Crippen LogP contribution in [0.1, 0.15) is 25.7 Å². The Balaban J connectivity index is 2.28. The summed E-state index contributed by atoms with van der Waals surface area (Å²) in [6.45, 7) is 3.79. The van der Waals surface area contributed by atoms with Crippen molar-refractivity contribution in [1.29, 1.82) is 0 Å². The molecule has 0 unspecified atom stereocenters. The van der Waals surface area contributed by atoms with Gasteiger partial charge in [-0.3, -0.25) is 4.79 Å². The van der Waals surface area contributed by atoms with Crippen molar-refractivity contribution in [2.75, 3.05) is 13.2 Å². The van der Waals surface area contributed by atoms with Gasteiger partial charge in [-0.15, -0.1) is 0 Å². The molecule has 0 bridgehead atoms. The minimum atomic E-state index is -0.886.